The van der Waals surface area contributed by atoms with Crippen molar-refractivity contribution in [1.82, 2.24) is 0 Å². The molecule has 104 valence electrons. The highest BCUT2D eigenvalue weighted by molar-refractivity contribution is 9.10. The van der Waals surface area contributed by atoms with Gasteiger partial charge < -0.3 is 5.73 Å². The Morgan fingerprint density at radius 2 is 1.80 bits per heavy atom. The molecule has 3 rings (SSSR count). The van der Waals surface area contributed by atoms with Crippen LogP contribution in [0.2, 0.25) is 0 Å². The molecule has 0 saturated heterocycles. The van der Waals surface area contributed by atoms with Crippen molar-refractivity contribution in [1.29, 1.82) is 0 Å². The molecule has 1 nitrogen and oxygen atoms in total. The fourth-order valence-electron chi connectivity index (χ4n) is 2.65. The molecule has 0 heterocycles. The van der Waals surface area contributed by atoms with Crippen LogP contribution in [0.4, 0.5) is 4.39 Å². The average Bonchev–Trinajstić information content (AvgIpc) is 2.37. The second-order valence-corrected chi connectivity index (χ2v) is 6.35. The van der Waals surface area contributed by atoms with E-state index in [2.05, 4.69) is 28.1 Å². The molecule has 1 atom stereocenters. The summed E-state index contributed by atoms with van der Waals surface area (Å²) in [4.78, 5) is 0. The minimum Gasteiger partial charge on any atom is -0.320 e. The van der Waals surface area contributed by atoms with Crippen LogP contribution < -0.4 is 5.73 Å². The molecule has 0 radical (unpaired) electrons. The van der Waals surface area contributed by atoms with E-state index in [1.54, 1.807) is 6.07 Å². The summed E-state index contributed by atoms with van der Waals surface area (Å²) in [5.74, 6) is 0.444. The predicted molar refractivity (Wildman–Crippen MR) is 83.2 cm³/mol. The molecule has 1 aliphatic carbocycles. The summed E-state index contributed by atoms with van der Waals surface area (Å²) in [5.41, 5.74) is 9.05. The fourth-order valence-corrected chi connectivity index (χ4v) is 2.98. The largest absolute Gasteiger partial charge is 0.320 e. The van der Waals surface area contributed by atoms with Gasteiger partial charge >= 0.3 is 0 Å². The highest BCUT2D eigenvalue weighted by Crippen LogP contribution is 2.36. The van der Waals surface area contributed by atoms with E-state index in [0.717, 1.165) is 10.0 Å². The topological polar surface area (TPSA) is 26.0 Å². The van der Waals surface area contributed by atoms with Crippen LogP contribution in [0.3, 0.4) is 0 Å². The molecule has 0 bridgehead atoms. The number of benzene rings is 2. The first-order valence-corrected chi connectivity index (χ1v) is 7.75. The van der Waals surface area contributed by atoms with E-state index in [1.165, 1.54) is 30.9 Å². The van der Waals surface area contributed by atoms with Crippen LogP contribution in [-0.2, 0) is 0 Å². The van der Waals surface area contributed by atoms with Crippen molar-refractivity contribution in [2.75, 3.05) is 0 Å². The normalized spacial score (nSPS) is 16.8. The number of halogens is 2. The Balaban J connectivity index is 1.84. The molecular formula is C17H17BrFN. The van der Waals surface area contributed by atoms with E-state index in [0.29, 0.717) is 11.5 Å². The van der Waals surface area contributed by atoms with Crippen molar-refractivity contribution in [2.45, 2.75) is 31.2 Å². The van der Waals surface area contributed by atoms with Gasteiger partial charge in [-0.2, -0.15) is 0 Å². The molecule has 0 aromatic heterocycles. The summed E-state index contributed by atoms with van der Waals surface area (Å²) in [5, 5.41) is 0. The predicted octanol–water partition coefficient (Wildman–Crippen LogP) is 4.90. The molecule has 1 saturated carbocycles. The van der Waals surface area contributed by atoms with E-state index < -0.39 is 6.04 Å². The van der Waals surface area contributed by atoms with E-state index in [4.69, 9.17) is 5.73 Å². The Morgan fingerprint density at radius 3 is 2.35 bits per heavy atom. The van der Waals surface area contributed by atoms with Gasteiger partial charge in [0, 0.05) is 10.0 Å². The second kappa shape index (κ2) is 5.66. The molecule has 1 fully saturated rings. The molecule has 1 aliphatic rings. The number of hydrogen-bond donors (Lipinski definition) is 1. The summed E-state index contributed by atoms with van der Waals surface area (Å²) in [6.45, 7) is 0. The van der Waals surface area contributed by atoms with E-state index in [-0.39, 0.29) is 5.82 Å². The summed E-state index contributed by atoms with van der Waals surface area (Å²) in [6, 6.07) is 12.9. The van der Waals surface area contributed by atoms with Crippen LogP contribution in [0.25, 0.3) is 0 Å². The van der Waals surface area contributed by atoms with Crippen LogP contribution >= 0.6 is 15.9 Å². The fraction of sp³-hybridized carbons (Fsp3) is 0.294. The van der Waals surface area contributed by atoms with Gasteiger partial charge in [-0.25, -0.2) is 4.39 Å². The van der Waals surface area contributed by atoms with Crippen LogP contribution in [-0.4, -0.2) is 0 Å². The summed E-state index contributed by atoms with van der Waals surface area (Å²) >= 11 is 3.26. The molecule has 2 aromatic carbocycles. The molecular weight excluding hydrogens is 317 g/mol. The van der Waals surface area contributed by atoms with Crippen LogP contribution in [0.15, 0.2) is 46.9 Å². The summed E-state index contributed by atoms with van der Waals surface area (Å²) < 4.78 is 14.7. The van der Waals surface area contributed by atoms with Gasteiger partial charge in [0.25, 0.3) is 0 Å². The standard InChI is InChI=1S/C17H17BrFN/c18-14-8-9-15(16(19)10-14)17(20)13-6-4-12(5-7-13)11-2-1-3-11/h4-11,17H,1-3,20H2. The SMILES string of the molecule is NC(c1ccc(C2CCC2)cc1)c1ccc(Br)cc1F. The summed E-state index contributed by atoms with van der Waals surface area (Å²) in [6.07, 6.45) is 3.90. The maximum Gasteiger partial charge on any atom is 0.129 e. The Morgan fingerprint density at radius 1 is 1.10 bits per heavy atom. The zero-order valence-corrected chi connectivity index (χ0v) is 12.7. The third kappa shape index (κ3) is 2.65. The molecule has 0 spiro atoms. The van der Waals surface area contributed by atoms with Crippen LogP contribution in [0.5, 0.6) is 0 Å². The van der Waals surface area contributed by atoms with Crippen molar-refractivity contribution in [3.05, 3.63) is 69.4 Å². The Labute approximate surface area is 127 Å². The Bertz CT molecular complexity index is 605. The zero-order valence-electron chi connectivity index (χ0n) is 11.2. The van der Waals surface area contributed by atoms with E-state index in [9.17, 15) is 4.39 Å². The van der Waals surface area contributed by atoms with Crippen LogP contribution in [0.1, 0.15) is 47.9 Å². The van der Waals surface area contributed by atoms with Crippen molar-refractivity contribution >= 4 is 15.9 Å². The van der Waals surface area contributed by atoms with Gasteiger partial charge in [-0.3, -0.25) is 0 Å². The smallest absolute Gasteiger partial charge is 0.129 e. The summed E-state index contributed by atoms with van der Waals surface area (Å²) in [7, 11) is 0. The first kappa shape index (κ1) is 13.8. The van der Waals surface area contributed by atoms with Crippen LogP contribution in [0, 0.1) is 5.82 Å². The molecule has 2 aromatic rings. The quantitative estimate of drug-likeness (QED) is 0.848. The van der Waals surface area contributed by atoms with E-state index in [1.807, 2.05) is 18.2 Å². The van der Waals surface area contributed by atoms with Crippen molar-refractivity contribution in [3.63, 3.8) is 0 Å². The molecule has 1 unspecified atom stereocenters. The molecule has 0 aliphatic heterocycles. The van der Waals surface area contributed by atoms with E-state index >= 15 is 0 Å². The van der Waals surface area contributed by atoms with Gasteiger partial charge in [-0.05, 0) is 42.0 Å². The van der Waals surface area contributed by atoms with Crippen molar-refractivity contribution < 1.29 is 4.39 Å². The zero-order chi connectivity index (χ0) is 14.1. The van der Waals surface area contributed by atoms with Gasteiger partial charge in [-0.1, -0.05) is 52.7 Å². The van der Waals surface area contributed by atoms with Gasteiger partial charge in [-0.15, -0.1) is 0 Å². The Kier molecular flexibility index (Phi) is 3.90. The first-order chi connectivity index (χ1) is 9.65. The lowest BCUT2D eigenvalue weighted by molar-refractivity contribution is 0.419. The molecule has 20 heavy (non-hydrogen) atoms. The van der Waals surface area contributed by atoms with Gasteiger partial charge in [0.1, 0.15) is 5.82 Å². The highest BCUT2D eigenvalue weighted by atomic mass is 79.9. The number of hydrogen-bond acceptors (Lipinski definition) is 1. The first-order valence-electron chi connectivity index (χ1n) is 6.95. The molecule has 0 amide bonds. The lowest BCUT2D eigenvalue weighted by Gasteiger charge is -2.26. The molecule has 3 heteroatoms. The Hall–Kier alpha value is -1.19. The highest BCUT2D eigenvalue weighted by Gasteiger charge is 2.20. The lowest BCUT2D eigenvalue weighted by atomic mass is 9.79. The third-order valence-electron chi connectivity index (χ3n) is 4.17. The maximum absolute atomic E-state index is 13.9. The minimum atomic E-state index is -0.418. The average molecular weight is 334 g/mol. The van der Waals surface area contributed by atoms with Gasteiger partial charge in [0.2, 0.25) is 0 Å². The number of nitrogens with two attached hydrogens (primary N) is 1. The van der Waals surface area contributed by atoms with Crippen molar-refractivity contribution in [3.8, 4) is 0 Å². The molecule has 2 N–H and O–H groups in total. The van der Waals surface area contributed by atoms with Gasteiger partial charge in [0.15, 0.2) is 0 Å². The maximum atomic E-state index is 13.9. The lowest BCUT2D eigenvalue weighted by Crippen LogP contribution is -2.14. The number of rotatable bonds is 3. The minimum absolute atomic E-state index is 0.269. The second-order valence-electron chi connectivity index (χ2n) is 5.44. The monoisotopic (exact) mass is 333 g/mol. The van der Waals surface area contributed by atoms with Crippen molar-refractivity contribution in [2.24, 2.45) is 5.73 Å². The van der Waals surface area contributed by atoms with Gasteiger partial charge in [0.05, 0.1) is 6.04 Å². The third-order valence-corrected chi connectivity index (χ3v) is 4.66.